The Labute approximate surface area is 67.1 Å². The molecule has 2 nitrogen and oxygen atoms in total. The van der Waals surface area contributed by atoms with Crippen molar-refractivity contribution in [1.82, 2.24) is 0 Å². The summed E-state index contributed by atoms with van der Waals surface area (Å²) in [4.78, 5) is 0. The van der Waals surface area contributed by atoms with Crippen LogP contribution in [0.5, 0.6) is 0 Å². The van der Waals surface area contributed by atoms with E-state index in [-0.39, 0.29) is 0 Å². The Balaban J connectivity index is 3.46. The molecule has 0 bridgehead atoms. The Morgan fingerprint density at radius 1 is 1.00 bits per heavy atom. The third kappa shape index (κ3) is 1.20. The molecule has 0 amide bonds. The molecule has 0 N–H and O–H groups in total. The van der Waals surface area contributed by atoms with Crippen LogP contribution >= 0.6 is 0 Å². The Morgan fingerprint density at radius 2 is 1.36 bits per heavy atom. The van der Waals surface area contributed by atoms with Gasteiger partial charge in [0.15, 0.2) is 11.4 Å². The van der Waals surface area contributed by atoms with Gasteiger partial charge >= 0.3 is 0 Å². The van der Waals surface area contributed by atoms with Gasteiger partial charge in [-0.3, -0.25) is 0 Å². The molecule has 0 aromatic carbocycles. The topological polar surface area (TPSA) is 26.9 Å². The highest BCUT2D eigenvalue weighted by atomic mass is 16.5. The second-order valence-corrected chi connectivity index (χ2v) is 2.98. The van der Waals surface area contributed by atoms with Crippen LogP contribution in [0.4, 0.5) is 0 Å². The molecule has 0 saturated carbocycles. The van der Waals surface area contributed by atoms with Gasteiger partial charge in [-0.1, -0.05) is 0 Å². The van der Waals surface area contributed by atoms with Gasteiger partial charge in [0.2, 0.25) is 0 Å². The summed E-state index contributed by atoms with van der Waals surface area (Å²) < 4.78 is 0.991. The average molecular weight is 151 g/mol. The molecule has 0 aliphatic rings. The van der Waals surface area contributed by atoms with Crippen molar-refractivity contribution in [1.29, 1.82) is 0 Å². The van der Waals surface area contributed by atoms with Crippen molar-refractivity contribution < 1.29 is 4.73 Å². The normalized spacial score (nSPS) is 10.2. The maximum absolute atomic E-state index is 11.3. The first kappa shape index (κ1) is 8.05. The minimum absolute atomic E-state index is 0.799. The van der Waals surface area contributed by atoms with E-state index in [1.807, 2.05) is 33.8 Å². The van der Waals surface area contributed by atoms with E-state index >= 15 is 0 Å². The number of pyridine rings is 1. The van der Waals surface area contributed by atoms with Gasteiger partial charge in [0.05, 0.1) is 0 Å². The minimum atomic E-state index is 0.799. The predicted molar refractivity (Wildman–Crippen MR) is 44.4 cm³/mol. The molecule has 0 aliphatic carbocycles. The lowest BCUT2D eigenvalue weighted by molar-refractivity contribution is -0.619. The number of aromatic nitrogens is 1. The molecule has 0 spiro atoms. The fraction of sp³-hybridized carbons (Fsp3) is 0.444. The van der Waals surface area contributed by atoms with Crippen molar-refractivity contribution in [2.45, 2.75) is 27.7 Å². The molecule has 0 radical (unpaired) electrons. The number of rotatable bonds is 0. The first-order valence-corrected chi connectivity index (χ1v) is 3.71. The highest BCUT2D eigenvalue weighted by molar-refractivity contribution is 5.22. The van der Waals surface area contributed by atoms with Crippen LogP contribution in [0.1, 0.15) is 22.5 Å². The van der Waals surface area contributed by atoms with Crippen molar-refractivity contribution in [3.05, 3.63) is 33.8 Å². The van der Waals surface area contributed by atoms with E-state index in [9.17, 15) is 5.21 Å². The maximum atomic E-state index is 11.3. The first-order valence-electron chi connectivity index (χ1n) is 3.71. The Morgan fingerprint density at radius 3 is 1.73 bits per heavy atom. The lowest BCUT2D eigenvalue weighted by atomic mass is 10.1. The van der Waals surface area contributed by atoms with E-state index in [0.29, 0.717) is 0 Å². The SMILES string of the molecule is Cc1cc(C)c(C)[n+]([O-])c1C. The molecule has 11 heavy (non-hydrogen) atoms. The molecule has 1 heterocycles. The molecule has 0 atom stereocenters. The second-order valence-electron chi connectivity index (χ2n) is 2.98. The van der Waals surface area contributed by atoms with Crippen molar-refractivity contribution in [2.24, 2.45) is 0 Å². The van der Waals surface area contributed by atoms with Crippen LogP contribution in [0.15, 0.2) is 6.07 Å². The Kier molecular flexibility index (Phi) is 1.85. The smallest absolute Gasteiger partial charge is 0.192 e. The second kappa shape index (κ2) is 2.53. The maximum Gasteiger partial charge on any atom is 0.192 e. The quantitative estimate of drug-likeness (QED) is 0.408. The van der Waals surface area contributed by atoms with Gasteiger partial charge in [-0.05, 0) is 19.9 Å². The van der Waals surface area contributed by atoms with Crippen LogP contribution in [0.2, 0.25) is 0 Å². The molecule has 0 saturated heterocycles. The summed E-state index contributed by atoms with van der Waals surface area (Å²) >= 11 is 0. The lowest BCUT2D eigenvalue weighted by Crippen LogP contribution is -2.35. The van der Waals surface area contributed by atoms with Crippen LogP contribution in [-0.2, 0) is 0 Å². The van der Waals surface area contributed by atoms with Crippen molar-refractivity contribution in [3.63, 3.8) is 0 Å². The summed E-state index contributed by atoms with van der Waals surface area (Å²) in [6.45, 7) is 7.59. The standard InChI is InChI=1S/C9H13NO/c1-6-5-7(2)9(4)10(11)8(6)3/h5H,1-4H3. The zero-order valence-corrected chi connectivity index (χ0v) is 7.43. The van der Waals surface area contributed by atoms with E-state index < -0.39 is 0 Å². The Bertz CT molecular complexity index is 266. The van der Waals surface area contributed by atoms with Gasteiger partial charge in [-0.15, -0.1) is 0 Å². The summed E-state index contributed by atoms with van der Waals surface area (Å²) in [5.74, 6) is 0. The molecule has 1 aromatic rings. The molecule has 0 unspecified atom stereocenters. The summed E-state index contributed by atoms with van der Waals surface area (Å²) in [5.41, 5.74) is 3.72. The number of aryl methyl sites for hydroxylation is 2. The lowest BCUT2D eigenvalue weighted by Gasteiger charge is -2.08. The van der Waals surface area contributed by atoms with Gasteiger partial charge in [-0.25, -0.2) is 0 Å². The van der Waals surface area contributed by atoms with Crippen LogP contribution in [0, 0.1) is 32.9 Å². The molecule has 1 rings (SSSR count). The molecular formula is C9H13NO. The molecular weight excluding hydrogens is 138 g/mol. The fourth-order valence-corrected chi connectivity index (χ4v) is 1.11. The van der Waals surface area contributed by atoms with Gasteiger partial charge in [0.1, 0.15) is 0 Å². The van der Waals surface area contributed by atoms with Crippen LogP contribution in [0.3, 0.4) is 0 Å². The average Bonchev–Trinajstić information content (AvgIpc) is 1.97. The predicted octanol–water partition coefficient (Wildman–Crippen LogP) is 1.55. The van der Waals surface area contributed by atoms with Crippen molar-refractivity contribution >= 4 is 0 Å². The number of nitrogens with zero attached hydrogens (tertiary/aromatic N) is 1. The van der Waals surface area contributed by atoms with E-state index in [1.54, 1.807) is 0 Å². The van der Waals surface area contributed by atoms with Crippen molar-refractivity contribution in [3.8, 4) is 0 Å². The largest absolute Gasteiger partial charge is 0.618 e. The fourth-order valence-electron chi connectivity index (χ4n) is 1.11. The summed E-state index contributed by atoms with van der Waals surface area (Å²) in [5, 5.41) is 11.3. The monoisotopic (exact) mass is 151 g/mol. The zero-order chi connectivity index (χ0) is 8.59. The summed E-state index contributed by atoms with van der Waals surface area (Å²) in [6.07, 6.45) is 0. The van der Waals surface area contributed by atoms with Gasteiger partial charge in [-0.2, -0.15) is 4.73 Å². The molecule has 0 aliphatic heterocycles. The highest BCUT2D eigenvalue weighted by Gasteiger charge is 2.09. The third-order valence-electron chi connectivity index (χ3n) is 2.18. The van der Waals surface area contributed by atoms with E-state index in [4.69, 9.17) is 0 Å². The van der Waals surface area contributed by atoms with Gasteiger partial charge in [0.25, 0.3) is 0 Å². The molecule has 60 valence electrons. The minimum Gasteiger partial charge on any atom is -0.618 e. The number of hydrogen-bond acceptors (Lipinski definition) is 1. The molecule has 0 fully saturated rings. The van der Waals surface area contributed by atoms with E-state index in [1.165, 1.54) is 0 Å². The molecule has 2 heteroatoms. The first-order chi connectivity index (χ1) is 5.04. The number of hydrogen-bond donors (Lipinski definition) is 0. The Hall–Kier alpha value is -1.05. The van der Waals surface area contributed by atoms with E-state index in [2.05, 4.69) is 0 Å². The zero-order valence-electron chi connectivity index (χ0n) is 7.43. The highest BCUT2D eigenvalue weighted by Crippen LogP contribution is 2.07. The van der Waals surface area contributed by atoms with E-state index in [0.717, 1.165) is 27.2 Å². The van der Waals surface area contributed by atoms with Crippen LogP contribution < -0.4 is 4.73 Å². The van der Waals surface area contributed by atoms with Crippen LogP contribution in [-0.4, -0.2) is 0 Å². The van der Waals surface area contributed by atoms with Gasteiger partial charge < -0.3 is 5.21 Å². The third-order valence-corrected chi connectivity index (χ3v) is 2.18. The summed E-state index contributed by atoms with van der Waals surface area (Å²) in [6, 6.07) is 2.04. The summed E-state index contributed by atoms with van der Waals surface area (Å²) in [7, 11) is 0. The van der Waals surface area contributed by atoms with Gasteiger partial charge in [0, 0.05) is 25.0 Å². The van der Waals surface area contributed by atoms with Crippen molar-refractivity contribution in [2.75, 3.05) is 0 Å². The molecule has 1 aromatic heterocycles. The van der Waals surface area contributed by atoms with Crippen LogP contribution in [0.25, 0.3) is 0 Å².